The molecule has 6 heteroatoms. The molecule has 2 rings (SSSR count). The van der Waals surface area contributed by atoms with Crippen LogP contribution in [-0.2, 0) is 6.54 Å². The van der Waals surface area contributed by atoms with Crippen molar-refractivity contribution in [2.75, 3.05) is 19.7 Å². The average molecular weight is 283 g/mol. The molecule has 4 N–H and O–H groups in total. The summed E-state index contributed by atoms with van der Waals surface area (Å²) in [7, 11) is 0. The number of nitrogens with one attached hydrogen (secondary N) is 1. The second kappa shape index (κ2) is 6.47. The standard InChI is InChI=1S/C13H21N3O2S/c1-9-11(6-12(19-9)13(18)15-14)8-16-4-2-10(7-16)3-5-17/h6,10,17H,2-5,7-8,14H2,1H3,(H,15,18). The van der Waals surface area contributed by atoms with E-state index >= 15 is 0 Å². The zero-order valence-corrected chi connectivity index (χ0v) is 12.0. The Balaban J connectivity index is 1.96. The number of hydrogen-bond acceptors (Lipinski definition) is 5. The Hall–Kier alpha value is -0.950. The van der Waals surface area contributed by atoms with Crippen LogP contribution in [0.15, 0.2) is 6.07 Å². The van der Waals surface area contributed by atoms with E-state index in [2.05, 4.69) is 10.3 Å². The van der Waals surface area contributed by atoms with E-state index in [0.717, 1.165) is 32.5 Å². The van der Waals surface area contributed by atoms with Crippen molar-refractivity contribution in [2.45, 2.75) is 26.3 Å². The maximum absolute atomic E-state index is 11.5. The molecule has 1 fully saturated rings. The molecular formula is C13H21N3O2S. The van der Waals surface area contributed by atoms with Gasteiger partial charge in [0.2, 0.25) is 0 Å². The summed E-state index contributed by atoms with van der Waals surface area (Å²) in [6.07, 6.45) is 2.04. The fraction of sp³-hybridized carbons (Fsp3) is 0.615. The molecule has 0 radical (unpaired) electrons. The Morgan fingerprint density at radius 2 is 2.47 bits per heavy atom. The van der Waals surface area contributed by atoms with Crippen molar-refractivity contribution < 1.29 is 9.90 Å². The first-order valence-corrected chi connectivity index (χ1v) is 7.39. The molecular weight excluding hydrogens is 262 g/mol. The minimum Gasteiger partial charge on any atom is -0.396 e. The normalized spacial score (nSPS) is 19.8. The molecule has 0 spiro atoms. The topological polar surface area (TPSA) is 78.6 Å². The number of nitrogen functional groups attached to an aromatic ring is 1. The molecule has 0 bridgehead atoms. The predicted octanol–water partition coefficient (Wildman–Crippen LogP) is 0.864. The number of carbonyl (C=O) groups excluding carboxylic acids is 1. The van der Waals surface area contributed by atoms with E-state index in [4.69, 9.17) is 10.9 Å². The van der Waals surface area contributed by atoms with Gasteiger partial charge in [0, 0.05) is 24.6 Å². The van der Waals surface area contributed by atoms with Gasteiger partial charge in [-0.2, -0.15) is 0 Å². The van der Waals surface area contributed by atoms with Crippen molar-refractivity contribution in [1.82, 2.24) is 10.3 Å². The average Bonchev–Trinajstić information content (AvgIpc) is 2.97. The first-order chi connectivity index (χ1) is 9.13. The minimum atomic E-state index is -0.223. The van der Waals surface area contributed by atoms with Gasteiger partial charge in [-0.1, -0.05) is 0 Å². The summed E-state index contributed by atoms with van der Waals surface area (Å²) < 4.78 is 0. The smallest absolute Gasteiger partial charge is 0.275 e. The molecule has 1 atom stereocenters. The van der Waals surface area contributed by atoms with E-state index < -0.39 is 0 Å². The van der Waals surface area contributed by atoms with Crippen LogP contribution < -0.4 is 11.3 Å². The van der Waals surface area contributed by atoms with Crippen molar-refractivity contribution >= 4 is 17.2 Å². The van der Waals surface area contributed by atoms with Gasteiger partial charge in [0.1, 0.15) is 0 Å². The van der Waals surface area contributed by atoms with E-state index in [1.165, 1.54) is 21.8 Å². The molecule has 0 aliphatic carbocycles. The molecule has 1 unspecified atom stereocenters. The highest BCUT2D eigenvalue weighted by Gasteiger charge is 2.23. The first kappa shape index (κ1) is 14.5. The molecule has 1 amide bonds. The van der Waals surface area contributed by atoms with E-state index in [9.17, 15) is 4.79 Å². The summed E-state index contributed by atoms with van der Waals surface area (Å²) in [6.45, 7) is 5.29. The number of hydrogen-bond donors (Lipinski definition) is 3. The number of carbonyl (C=O) groups is 1. The molecule has 106 valence electrons. The van der Waals surface area contributed by atoms with Crippen LogP contribution in [0.5, 0.6) is 0 Å². The first-order valence-electron chi connectivity index (χ1n) is 6.57. The zero-order chi connectivity index (χ0) is 13.8. The summed E-state index contributed by atoms with van der Waals surface area (Å²) >= 11 is 1.48. The molecule has 1 aliphatic heterocycles. The van der Waals surface area contributed by atoms with Gasteiger partial charge >= 0.3 is 0 Å². The van der Waals surface area contributed by atoms with Crippen LogP contribution in [0.2, 0.25) is 0 Å². The number of aliphatic hydroxyl groups is 1. The SMILES string of the molecule is Cc1sc(C(=O)NN)cc1CN1CCC(CCO)C1. The minimum absolute atomic E-state index is 0.223. The molecule has 1 aromatic heterocycles. The highest BCUT2D eigenvalue weighted by molar-refractivity contribution is 7.14. The molecule has 5 nitrogen and oxygen atoms in total. The lowest BCUT2D eigenvalue weighted by molar-refractivity contribution is 0.0957. The summed E-state index contributed by atoms with van der Waals surface area (Å²) in [4.78, 5) is 15.7. The van der Waals surface area contributed by atoms with Gasteiger partial charge in [0.25, 0.3) is 5.91 Å². The maximum Gasteiger partial charge on any atom is 0.275 e. The van der Waals surface area contributed by atoms with Crippen molar-refractivity contribution in [3.05, 3.63) is 21.4 Å². The van der Waals surface area contributed by atoms with Crippen LogP contribution >= 0.6 is 11.3 Å². The van der Waals surface area contributed by atoms with E-state index in [1.807, 2.05) is 13.0 Å². The van der Waals surface area contributed by atoms with E-state index in [0.29, 0.717) is 10.8 Å². The number of thiophene rings is 1. The van der Waals surface area contributed by atoms with E-state index in [1.54, 1.807) is 0 Å². The zero-order valence-electron chi connectivity index (χ0n) is 11.2. The molecule has 2 heterocycles. The Bertz CT molecular complexity index is 447. The van der Waals surface area contributed by atoms with Gasteiger partial charge in [-0.05, 0) is 43.9 Å². The molecule has 0 saturated carbocycles. The van der Waals surface area contributed by atoms with Gasteiger partial charge in [0.15, 0.2) is 0 Å². The highest BCUT2D eigenvalue weighted by atomic mass is 32.1. The third-order valence-corrected chi connectivity index (χ3v) is 4.77. The maximum atomic E-state index is 11.5. The van der Waals surface area contributed by atoms with Gasteiger partial charge < -0.3 is 5.11 Å². The third kappa shape index (κ3) is 3.54. The molecule has 1 aromatic rings. The van der Waals surface area contributed by atoms with Crippen LogP contribution in [0.3, 0.4) is 0 Å². The predicted molar refractivity (Wildman–Crippen MR) is 75.8 cm³/mol. The summed E-state index contributed by atoms with van der Waals surface area (Å²) in [5, 5.41) is 8.97. The van der Waals surface area contributed by atoms with Gasteiger partial charge in [-0.3, -0.25) is 15.1 Å². The van der Waals surface area contributed by atoms with Crippen molar-refractivity contribution in [3.8, 4) is 0 Å². The molecule has 1 saturated heterocycles. The number of amides is 1. The number of likely N-dealkylation sites (tertiary alicyclic amines) is 1. The molecule has 1 aliphatic rings. The Labute approximate surface area is 117 Å². The Morgan fingerprint density at radius 3 is 3.16 bits per heavy atom. The summed E-state index contributed by atoms with van der Waals surface area (Å²) in [5.74, 6) is 5.54. The number of aryl methyl sites for hydroxylation is 1. The highest BCUT2D eigenvalue weighted by Crippen LogP contribution is 2.26. The summed E-state index contributed by atoms with van der Waals surface area (Å²) in [6, 6.07) is 1.93. The van der Waals surface area contributed by atoms with Crippen molar-refractivity contribution in [2.24, 2.45) is 11.8 Å². The van der Waals surface area contributed by atoms with Crippen molar-refractivity contribution in [3.63, 3.8) is 0 Å². The second-order valence-electron chi connectivity index (χ2n) is 5.07. The van der Waals surface area contributed by atoms with Crippen LogP contribution in [-0.4, -0.2) is 35.6 Å². The Morgan fingerprint density at radius 1 is 1.68 bits per heavy atom. The monoisotopic (exact) mass is 283 g/mol. The Kier molecular flexibility index (Phi) is 4.93. The quantitative estimate of drug-likeness (QED) is 0.425. The van der Waals surface area contributed by atoms with Gasteiger partial charge in [-0.15, -0.1) is 11.3 Å². The molecule has 19 heavy (non-hydrogen) atoms. The van der Waals surface area contributed by atoms with E-state index in [-0.39, 0.29) is 12.5 Å². The summed E-state index contributed by atoms with van der Waals surface area (Å²) in [5.41, 5.74) is 3.37. The number of aliphatic hydroxyl groups excluding tert-OH is 1. The number of rotatable bonds is 5. The number of hydrazine groups is 1. The van der Waals surface area contributed by atoms with Crippen LogP contribution in [0.1, 0.15) is 33.0 Å². The van der Waals surface area contributed by atoms with Crippen LogP contribution in [0.4, 0.5) is 0 Å². The number of nitrogens with zero attached hydrogens (tertiary/aromatic N) is 1. The van der Waals surface area contributed by atoms with Crippen LogP contribution in [0.25, 0.3) is 0 Å². The lowest BCUT2D eigenvalue weighted by atomic mass is 10.1. The fourth-order valence-electron chi connectivity index (χ4n) is 2.58. The lowest BCUT2D eigenvalue weighted by Crippen LogP contribution is -2.29. The second-order valence-corrected chi connectivity index (χ2v) is 6.32. The van der Waals surface area contributed by atoms with Gasteiger partial charge in [-0.25, -0.2) is 5.84 Å². The lowest BCUT2D eigenvalue weighted by Gasteiger charge is -2.15. The number of nitrogens with two attached hydrogens (primary N) is 1. The van der Waals surface area contributed by atoms with Crippen molar-refractivity contribution in [1.29, 1.82) is 0 Å². The van der Waals surface area contributed by atoms with Crippen LogP contribution in [0, 0.1) is 12.8 Å². The largest absolute Gasteiger partial charge is 0.396 e. The van der Waals surface area contributed by atoms with Gasteiger partial charge in [0.05, 0.1) is 4.88 Å². The third-order valence-electron chi connectivity index (χ3n) is 3.68. The molecule has 0 aromatic carbocycles. The fourth-order valence-corrected chi connectivity index (χ4v) is 3.51.